The fourth-order valence-electron chi connectivity index (χ4n) is 4.70. The summed E-state index contributed by atoms with van der Waals surface area (Å²) in [5.74, 6) is 1.14. The molecule has 0 amide bonds. The topological polar surface area (TPSA) is 122 Å². The zero-order chi connectivity index (χ0) is 29.6. The van der Waals surface area contributed by atoms with Gasteiger partial charge in [0, 0.05) is 11.6 Å². The zero-order valence-electron chi connectivity index (χ0n) is 23.2. The predicted molar refractivity (Wildman–Crippen MR) is 154 cm³/mol. The summed E-state index contributed by atoms with van der Waals surface area (Å²) in [6, 6.07) is 27.5. The minimum Gasteiger partial charge on any atom is -0.493 e. The number of benzene rings is 4. The molecule has 4 aromatic rings. The average Bonchev–Trinajstić information content (AvgIpc) is 3.03. The summed E-state index contributed by atoms with van der Waals surface area (Å²) >= 11 is 0. The summed E-state index contributed by atoms with van der Waals surface area (Å²) < 4.78 is 33.3. The number of hydrogen-bond acceptors (Lipinski definition) is 9. The molecule has 9 nitrogen and oxygen atoms in total. The Balaban J connectivity index is 1.39. The van der Waals surface area contributed by atoms with Gasteiger partial charge in [0.25, 0.3) is 0 Å². The Morgan fingerprint density at radius 2 is 1.55 bits per heavy atom. The van der Waals surface area contributed by atoms with E-state index in [2.05, 4.69) is 6.07 Å². The molecule has 0 aliphatic carbocycles. The Kier molecular flexibility index (Phi) is 8.16. The highest BCUT2D eigenvalue weighted by atomic mass is 16.5. The van der Waals surface area contributed by atoms with Gasteiger partial charge in [-0.3, -0.25) is 0 Å². The summed E-state index contributed by atoms with van der Waals surface area (Å²) in [4.78, 5) is 13.0. The predicted octanol–water partition coefficient (Wildman–Crippen LogP) is 5.73. The first kappa shape index (κ1) is 27.9. The minimum absolute atomic E-state index is 0.0208. The number of esters is 1. The molecule has 0 fully saturated rings. The van der Waals surface area contributed by atoms with Gasteiger partial charge in [-0.15, -0.1) is 0 Å². The molecule has 0 spiro atoms. The lowest BCUT2D eigenvalue weighted by Gasteiger charge is -2.27. The fraction of sp³-hybridized carbons (Fsp3) is 0.152. The number of nitriles is 1. The van der Waals surface area contributed by atoms with E-state index in [0.29, 0.717) is 40.9 Å². The van der Waals surface area contributed by atoms with E-state index in [4.69, 9.17) is 34.2 Å². The monoisotopic (exact) mass is 564 g/mol. The number of hydrogen-bond donors (Lipinski definition) is 1. The third-order valence-electron chi connectivity index (χ3n) is 6.76. The molecular formula is C33H28N2O7. The fourth-order valence-corrected chi connectivity index (χ4v) is 4.70. The van der Waals surface area contributed by atoms with Gasteiger partial charge in [-0.05, 0) is 41.5 Å². The number of nitrogens with zero attached hydrogens (tertiary/aromatic N) is 1. The van der Waals surface area contributed by atoms with Gasteiger partial charge in [0.1, 0.15) is 35.5 Å². The van der Waals surface area contributed by atoms with Gasteiger partial charge in [-0.1, -0.05) is 48.5 Å². The third kappa shape index (κ3) is 5.64. The second kappa shape index (κ2) is 12.3. The number of nitrogens with two attached hydrogens (primary N) is 1. The van der Waals surface area contributed by atoms with Gasteiger partial charge in [0.05, 0.1) is 32.8 Å². The lowest BCUT2D eigenvalue weighted by atomic mass is 9.83. The van der Waals surface area contributed by atoms with Crippen molar-refractivity contribution in [3.8, 4) is 40.6 Å². The number of rotatable bonds is 9. The highest BCUT2D eigenvalue weighted by Crippen LogP contribution is 2.44. The summed E-state index contributed by atoms with van der Waals surface area (Å²) in [5, 5.41) is 9.91. The molecule has 1 heterocycles. The van der Waals surface area contributed by atoms with Crippen molar-refractivity contribution in [2.75, 3.05) is 21.3 Å². The SMILES string of the molecule is COc1cc(C(=O)Oc2ccc3c(c2)OC(N)=C(C#N)C3c2ccc(OCc3ccccc3)cc2)cc(OC)c1OC. The average molecular weight is 565 g/mol. The molecule has 5 rings (SSSR count). The number of ether oxygens (including phenoxy) is 6. The molecule has 1 atom stereocenters. The molecule has 1 unspecified atom stereocenters. The maximum atomic E-state index is 13.0. The summed E-state index contributed by atoms with van der Waals surface area (Å²) in [6.45, 7) is 0.439. The molecule has 0 aromatic heterocycles. The Morgan fingerprint density at radius 1 is 0.881 bits per heavy atom. The van der Waals surface area contributed by atoms with Crippen molar-refractivity contribution in [2.24, 2.45) is 5.73 Å². The maximum Gasteiger partial charge on any atom is 0.343 e. The number of methoxy groups -OCH3 is 3. The van der Waals surface area contributed by atoms with Crippen molar-refractivity contribution < 1.29 is 33.2 Å². The first-order valence-corrected chi connectivity index (χ1v) is 13.0. The lowest BCUT2D eigenvalue weighted by Crippen LogP contribution is -2.21. The van der Waals surface area contributed by atoms with Crippen molar-refractivity contribution in [1.29, 1.82) is 5.26 Å². The molecule has 1 aliphatic rings. The molecule has 212 valence electrons. The van der Waals surface area contributed by atoms with Gasteiger partial charge >= 0.3 is 5.97 Å². The number of carbonyl (C=O) groups is 1. The zero-order valence-corrected chi connectivity index (χ0v) is 23.2. The van der Waals surface area contributed by atoms with Crippen LogP contribution in [-0.2, 0) is 6.61 Å². The van der Waals surface area contributed by atoms with Crippen molar-refractivity contribution in [2.45, 2.75) is 12.5 Å². The van der Waals surface area contributed by atoms with E-state index in [1.54, 1.807) is 18.2 Å². The van der Waals surface area contributed by atoms with Crippen LogP contribution in [0.3, 0.4) is 0 Å². The molecular weight excluding hydrogens is 536 g/mol. The van der Waals surface area contributed by atoms with E-state index in [-0.39, 0.29) is 22.8 Å². The van der Waals surface area contributed by atoms with Crippen LogP contribution in [0.2, 0.25) is 0 Å². The van der Waals surface area contributed by atoms with E-state index < -0.39 is 11.9 Å². The van der Waals surface area contributed by atoms with Crippen LogP contribution >= 0.6 is 0 Å². The van der Waals surface area contributed by atoms with E-state index in [9.17, 15) is 10.1 Å². The summed E-state index contributed by atoms with van der Waals surface area (Å²) in [6.07, 6.45) is 0. The molecule has 0 saturated carbocycles. The van der Waals surface area contributed by atoms with Crippen LogP contribution in [0, 0.1) is 11.3 Å². The van der Waals surface area contributed by atoms with Crippen LogP contribution in [0.4, 0.5) is 0 Å². The van der Waals surface area contributed by atoms with Crippen LogP contribution in [0.25, 0.3) is 0 Å². The van der Waals surface area contributed by atoms with Gasteiger partial charge in [-0.2, -0.15) is 5.26 Å². The third-order valence-corrected chi connectivity index (χ3v) is 6.76. The first-order valence-electron chi connectivity index (χ1n) is 13.0. The number of carbonyl (C=O) groups excluding carboxylic acids is 1. The van der Waals surface area contributed by atoms with Crippen molar-refractivity contribution in [1.82, 2.24) is 0 Å². The Bertz CT molecular complexity index is 1650. The Hall–Kier alpha value is -5.62. The van der Waals surface area contributed by atoms with Crippen LogP contribution in [0.15, 0.2) is 96.4 Å². The Morgan fingerprint density at radius 3 is 2.17 bits per heavy atom. The summed E-state index contributed by atoms with van der Waals surface area (Å²) in [7, 11) is 4.40. The molecule has 0 radical (unpaired) electrons. The van der Waals surface area contributed by atoms with E-state index in [1.165, 1.54) is 33.5 Å². The van der Waals surface area contributed by atoms with Crippen LogP contribution in [0.1, 0.15) is 33.0 Å². The smallest absolute Gasteiger partial charge is 0.343 e. The Labute approximate surface area is 243 Å². The molecule has 9 heteroatoms. The van der Waals surface area contributed by atoms with Gasteiger partial charge in [0.2, 0.25) is 11.6 Å². The van der Waals surface area contributed by atoms with Crippen LogP contribution in [-0.4, -0.2) is 27.3 Å². The normalized spacial score (nSPS) is 13.7. The van der Waals surface area contributed by atoms with Crippen LogP contribution < -0.4 is 34.2 Å². The minimum atomic E-state index is -0.645. The molecule has 42 heavy (non-hydrogen) atoms. The molecule has 1 aliphatic heterocycles. The second-order valence-corrected chi connectivity index (χ2v) is 9.27. The lowest BCUT2D eigenvalue weighted by molar-refractivity contribution is 0.0733. The van der Waals surface area contributed by atoms with E-state index in [1.807, 2.05) is 54.6 Å². The van der Waals surface area contributed by atoms with Gasteiger partial charge in [-0.25, -0.2) is 4.79 Å². The highest BCUT2D eigenvalue weighted by molar-refractivity contribution is 5.92. The quantitative estimate of drug-likeness (QED) is 0.201. The number of fused-ring (bicyclic) bond motifs is 1. The van der Waals surface area contributed by atoms with Crippen molar-refractivity contribution in [3.05, 3.63) is 119 Å². The first-order chi connectivity index (χ1) is 20.4. The summed E-state index contributed by atoms with van der Waals surface area (Å²) in [5.41, 5.74) is 9.23. The van der Waals surface area contributed by atoms with Gasteiger partial charge in [0.15, 0.2) is 11.5 Å². The van der Waals surface area contributed by atoms with Gasteiger partial charge < -0.3 is 34.2 Å². The molecule has 2 N–H and O–H groups in total. The highest BCUT2D eigenvalue weighted by Gasteiger charge is 2.31. The van der Waals surface area contributed by atoms with Crippen molar-refractivity contribution in [3.63, 3.8) is 0 Å². The van der Waals surface area contributed by atoms with Crippen LogP contribution in [0.5, 0.6) is 34.5 Å². The number of allylic oxidation sites excluding steroid dienone is 1. The molecule has 0 saturated heterocycles. The second-order valence-electron chi connectivity index (χ2n) is 9.27. The molecule has 0 bridgehead atoms. The standard InChI is InChI=1S/C33H28N2O7/c1-37-28-15-22(16-29(38-2)31(28)39-3)33(36)41-24-13-14-25-27(17-24)42-32(35)26(18-34)30(25)21-9-11-23(12-10-21)40-19-20-7-5-4-6-8-20/h4-17,30H,19,35H2,1-3H3. The largest absolute Gasteiger partial charge is 0.493 e. The molecule has 4 aromatic carbocycles. The van der Waals surface area contributed by atoms with E-state index >= 15 is 0 Å². The van der Waals surface area contributed by atoms with E-state index in [0.717, 1.165) is 11.1 Å². The van der Waals surface area contributed by atoms with Crippen molar-refractivity contribution >= 4 is 5.97 Å². The maximum absolute atomic E-state index is 13.0.